The van der Waals surface area contributed by atoms with Gasteiger partial charge in [0.25, 0.3) is 0 Å². The van der Waals surface area contributed by atoms with Gasteiger partial charge in [0.2, 0.25) is 0 Å². The number of unbranched alkanes of at least 4 members (excludes halogenated alkanes) is 1. The molecule has 0 radical (unpaired) electrons. The highest BCUT2D eigenvalue weighted by Crippen LogP contribution is 2.21. The van der Waals surface area contributed by atoms with Gasteiger partial charge in [-0.25, -0.2) is 9.79 Å². The second-order valence-electron chi connectivity index (χ2n) is 6.71. The van der Waals surface area contributed by atoms with Crippen molar-refractivity contribution in [1.82, 2.24) is 14.5 Å². The first-order chi connectivity index (χ1) is 12.9. The Bertz CT molecular complexity index is 703. The molecule has 0 aromatic carbocycles. The fraction of sp³-hybridized carbons (Fsp3) is 0.667. The summed E-state index contributed by atoms with van der Waals surface area (Å²) in [6.45, 7) is 4.10. The number of hydrogen-bond donors (Lipinski definition) is 0. The van der Waals surface area contributed by atoms with Crippen molar-refractivity contribution in [3.8, 4) is 0 Å². The maximum absolute atomic E-state index is 12.2. The summed E-state index contributed by atoms with van der Waals surface area (Å²) in [4.78, 5) is 33.9. The molecule has 1 aliphatic rings. The minimum atomic E-state index is -0.698. The molecule has 1 saturated heterocycles. The van der Waals surface area contributed by atoms with Crippen LogP contribution < -0.4 is 5.69 Å². The summed E-state index contributed by atoms with van der Waals surface area (Å²) < 4.78 is 17.7. The molecule has 1 aromatic heterocycles. The van der Waals surface area contributed by atoms with E-state index >= 15 is 0 Å². The standard InChI is InChI=1S/C18H28N4O5/c1-5-6-7-13(2)17(23)26-11-16-25-10-15(27-16)22-9-8-14(20-18(22)24)19-12-21(3)4/h8-9,12-13,15-16H,5-7,10-11H2,1-4H3/t13?,15-,16-/m0/s1. The van der Waals surface area contributed by atoms with E-state index in [1.54, 1.807) is 23.5 Å². The molecule has 9 heteroatoms. The molecule has 1 aromatic rings. The minimum absolute atomic E-state index is 0.000805. The van der Waals surface area contributed by atoms with E-state index in [0.29, 0.717) is 5.82 Å². The molecular formula is C18H28N4O5. The predicted octanol–water partition coefficient (Wildman–Crippen LogP) is 1.71. The van der Waals surface area contributed by atoms with Gasteiger partial charge < -0.3 is 19.1 Å². The third-order valence-corrected chi connectivity index (χ3v) is 4.03. The lowest BCUT2D eigenvalue weighted by Crippen LogP contribution is -2.28. The highest BCUT2D eigenvalue weighted by molar-refractivity contribution is 5.71. The van der Waals surface area contributed by atoms with Crippen molar-refractivity contribution in [1.29, 1.82) is 0 Å². The van der Waals surface area contributed by atoms with Gasteiger partial charge in [0.15, 0.2) is 18.3 Å². The van der Waals surface area contributed by atoms with Crippen molar-refractivity contribution in [2.24, 2.45) is 10.9 Å². The molecule has 0 saturated carbocycles. The summed E-state index contributed by atoms with van der Waals surface area (Å²) >= 11 is 0. The van der Waals surface area contributed by atoms with Crippen molar-refractivity contribution in [3.05, 3.63) is 22.7 Å². The van der Waals surface area contributed by atoms with E-state index in [1.165, 1.54) is 4.57 Å². The van der Waals surface area contributed by atoms with Crippen LogP contribution in [0.1, 0.15) is 39.3 Å². The molecule has 0 aliphatic carbocycles. The highest BCUT2D eigenvalue weighted by atomic mass is 16.7. The Balaban J connectivity index is 1.87. The van der Waals surface area contributed by atoms with Gasteiger partial charge in [-0.1, -0.05) is 26.7 Å². The summed E-state index contributed by atoms with van der Waals surface area (Å²) in [5.41, 5.74) is -0.483. The lowest BCUT2D eigenvalue weighted by Gasteiger charge is -2.15. The van der Waals surface area contributed by atoms with Crippen LogP contribution in [0.3, 0.4) is 0 Å². The van der Waals surface area contributed by atoms with Gasteiger partial charge in [-0.15, -0.1) is 0 Å². The number of carbonyl (C=O) groups is 1. The maximum atomic E-state index is 12.2. The van der Waals surface area contributed by atoms with Gasteiger partial charge in [-0.05, 0) is 12.5 Å². The van der Waals surface area contributed by atoms with Crippen LogP contribution in [0.5, 0.6) is 0 Å². The maximum Gasteiger partial charge on any atom is 0.351 e. The fourth-order valence-corrected chi connectivity index (χ4v) is 2.47. The van der Waals surface area contributed by atoms with E-state index < -0.39 is 18.2 Å². The number of ether oxygens (including phenoxy) is 3. The second kappa shape index (κ2) is 10.2. The van der Waals surface area contributed by atoms with Gasteiger partial charge in [-0.2, -0.15) is 4.98 Å². The predicted molar refractivity (Wildman–Crippen MR) is 99.8 cm³/mol. The Kier molecular flexibility index (Phi) is 7.93. The zero-order chi connectivity index (χ0) is 19.8. The molecular weight excluding hydrogens is 352 g/mol. The van der Waals surface area contributed by atoms with Crippen molar-refractivity contribution < 1.29 is 19.0 Å². The molecule has 0 spiro atoms. The number of aromatic nitrogens is 2. The number of esters is 1. The Labute approximate surface area is 159 Å². The van der Waals surface area contributed by atoms with E-state index in [0.717, 1.165) is 19.3 Å². The van der Waals surface area contributed by atoms with E-state index in [1.807, 2.05) is 21.0 Å². The molecule has 9 nitrogen and oxygen atoms in total. The van der Waals surface area contributed by atoms with E-state index in [2.05, 4.69) is 16.9 Å². The summed E-state index contributed by atoms with van der Waals surface area (Å²) in [7, 11) is 3.65. The molecule has 0 N–H and O–H groups in total. The smallest absolute Gasteiger partial charge is 0.351 e. The third-order valence-electron chi connectivity index (χ3n) is 4.03. The van der Waals surface area contributed by atoms with Gasteiger partial charge in [0.1, 0.15) is 6.61 Å². The van der Waals surface area contributed by atoms with Crippen LogP contribution in [0.4, 0.5) is 5.82 Å². The van der Waals surface area contributed by atoms with Crippen molar-refractivity contribution in [3.63, 3.8) is 0 Å². The van der Waals surface area contributed by atoms with Crippen molar-refractivity contribution in [2.75, 3.05) is 27.3 Å². The van der Waals surface area contributed by atoms with E-state index in [9.17, 15) is 9.59 Å². The SMILES string of the molecule is CCCCC(C)C(=O)OC[C@H]1OC[C@@H](n2ccc(N=CN(C)C)nc2=O)O1. The Morgan fingerprint density at radius 3 is 3.00 bits per heavy atom. The number of rotatable bonds is 9. The van der Waals surface area contributed by atoms with E-state index in [-0.39, 0.29) is 25.1 Å². The van der Waals surface area contributed by atoms with Crippen molar-refractivity contribution in [2.45, 2.75) is 45.6 Å². The van der Waals surface area contributed by atoms with Crippen LogP contribution in [-0.2, 0) is 19.0 Å². The average molecular weight is 380 g/mol. The first kappa shape index (κ1) is 21.0. The lowest BCUT2D eigenvalue weighted by atomic mass is 10.1. The molecule has 2 rings (SSSR count). The number of nitrogens with zero attached hydrogens (tertiary/aromatic N) is 4. The number of aliphatic imine (C=N–C) groups is 1. The lowest BCUT2D eigenvalue weighted by molar-refractivity contribution is -0.163. The molecule has 27 heavy (non-hydrogen) atoms. The van der Waals surface area contributed by atoms with Gasteiger partial charge in [0.05, 0.1) is 18.9 Å². The van der Waals surface area contributed by atoms with Gasteiger partial charge in [-0.3, -0.25) is 9.36 Å². The largest absolute Gasteiger partial charge is 0.460 e. The molecule has 1 aliphatic heterocycles. The Hall–Kier alpha value is -2.26. The zero-order valence-corrected chi connectivity index (χ0v) is 16.3. The molecule has 3 atom stereocenters. The fourth-order valence-electron chi connectivity index (χ4n) is 2.47. The zero-order valence-electron chi connectivity index (χ0n) is 16.3. The van der Waals surface area contributed by atoms with Gasteiger partial charge in [0, 0.05) is 20.3 Å². The molecule has 1 fully saturated rings. The summed E-state index contributed by atoms with van der Waals surface area (Å²) in [5, 5.41) is 0. The molecule has 1 unspecified atom stereocenters. The van der Waals surface area contributed by atoms with E-state index in [4.69, 9.17) is 14.2 Å². The highest BCUT2D eigenvalue weighted by Gasteiger charge is 2.29. The summed E-state index contributed by atoms with van der Waals surface area (Å²) in [5.74, 6) is -0.0966. The average Bonchev–Trinajstić information content (AvgIpc) is 3.11. The quantitative estimate of drug-likeness (QED) is 0.365. The van der Waals surface area contributed by atoms with Gasteiger partial charge >= 0.3 is 11.7 Å². The molecule has 2 heterocycles. The first-order valence-electron chi connectivity index (χ1n) is 9.14. The van der Waals surface area contributed by atoms with Crippen molar-refractivity contribution >= 4 is 18.1 Å². The van der Waals surface area contributed by atoms with Crippen LogP contribution in [-0.4, -0.2) is 60.4 Å². The minimum Gasteiger partial charge on any atom is -0.460 e. The third kappa shape index (κ3) is 6.44. The van der Waals surface area contributed by atoms with Crippen LogP contribution >= 0.6 is 0 Å². The van der Waals surface area contributed by atoms with Crippen LogP contribution in [0.15, 0.2) is 22.1 Å². The van der Waals surface area contributed by atoms with Crippen LogP contribution in [0.25, 0.3) is 0 Å². The van der Waals surface area contributed by atoms with Crippen LogP contribution in [0.2, 0.25) is 0 Å². The Morgan fingerprint density at radius 2 is 2.33 bits per heavy atom. The molecule has 0 amide bonds. The summed E-state index contributed by atoms with van der Waals surface area (Å²) in [6.07, 6.45) is 4.64. The van der Waals surface area contributed by atoms with Crippen LogP contribution in [0, 0.1) is 5.92 Å². The molecule has 150 valence electrons. The monoisotopic (exact) mass is 380 g/mol. The number of carbonyl (C=O) groups excluding carboxylic acids is 1. The molecule has 0 bridgehead atoms. The normalized spacial score (nSPS) is 20.7. The first-order valence-corrected chi connectivity index (χ1v) is 9.14. The Morgan fingerprint density at radius 1 is 1.56 bits per heavy atom. The topological polar surface area (TPSA) is 95.3 Å². The second-order valence-corrected chi connectivity index (χ2v) is 6.71. The number of hydrogen-bond acceptors (Lipinski definition) is 7. The summed E-state index contributed by atoms with van der Waals surface area (Å²) in [6, 6.07) is 1.62.